The molecule has 6 heteroatoms. The fraction of sp³-hybridized carbons (Fsp3) is 0.571. The van der Waals surface area contributed by atoms with Gasteiger partial charge in [0.05, 0.1) is 12.8 Å². The van der Waals surface area contributed by atoms with Gasteiger partial charge >= 0.3 is 5.97 Å². The van der Waals surface area contributed by atoms with Crippen molar-refractivity contribution >= 4 is 40.3 Å². The summed E-state index contributed by atoms with van der Waals surface area (Å²) in [6.45, 7) is 4.39. The van der Waals surface area contributed by atoms with E-state index in [2.05, 4.69) is 24.1 Å². The van der Waals surface area contributed by atoms with Gasteiger partial charge in [-0.3, -0.25) is 0 Å². The van der Waals surface area contributed by atoms with Gasteiger partial charge in [0.2, 0.25) is 0 Å². The molecular formula is C14H20N2O2S2. The molecule has 1 saturated heterocycles. The summed E-state index contributed by atoms with van der Waals surface area (Å²) in [5.41, 5.74) is 0.733. The van der Waals surface area contributed by atoms with E-state index >= 15 is 0 Å². The lowest BCUT2D eigenvalue weighted by Gasteiger charge is -2.40. The summed E-state index contributed by atoms with van der Waals surface area (Å²) < 4.78 is 4.78. The van der Waals surface area contributed by atoms with E-state index in [1.807, 2.05) is 11.4 Å². The van der Waals surface area contributed by atoms with Crippen molar-refractivity contribution in [2.24, 2.45) is 0 Å². The number of hydrogen-bond donors (Lipinski definition) is 1. The zero-order valence-electron chi connectivity index (χ0n) is 12.0. The van der Waals surface area contributed by atoms with Gasteiger partial charge in [0.1, 0.15) is 4.88 Å². The highest BCUT2D eigenvalue weighted by atomic mass is 32.1. The van der Waals surface area contributed by atoms with Crippen LogP contribution in [0.1, 0.15) is 42.8 Å². The van der Waals surface area contributed by atoms with Crippen LogP contribution in [0, 0.1) is 0 Å². The molecule has 1 aromatic rings. The molecule has 0 aromatic carbocycles. The lowest BCUT2D eigenvalue weighted by molar-refractivity contribution is 0.0607. The van der Waals surface area contributed by atoms with Gasteiger partial charge in [0.25, 0.3) is 0 Å². The van der Waals surface area contributed by atoms with Crippen LogP contribution in [-0.2, 0) is 4.74 Å². The van der Waals surface area contributed by atoms with E-state index in [9.17, 15) is 4.79 Å². The maximum atomic E-state index is 11.7. The van der Waals surface area contributed by atoms with E-state index in [1.54, 1.807) is 0 Å². The molecule has 2 rings (SSSR count). The third-order valence-corrected chi connectivity index (χ3v) is 4.91. The van der Waals surface area contributed by atoms with Crippen LogP contribution in [0.4, 0.5) is 5.69 Å². The minimum atomic E-state index is -0.329. The smallest absolute Gasteiger partial charge is 0.350 e. The number of anilines is 1. The standard InChI is InChI=1S/C14H20N2O2S2/c1-9-5-4-6-10(2)16(9)14(19)15-11-7-8-20-12(11)13(17)18-3/h7-10H,4-6H2,1-3H3,(H,15,19)/t9-,10+. The number of piperidine rings is 1. The van der Waals surface area contributed by atoms with E-state index in [0.29, 0.717) is 22.1 Å². The molecular weight excluding hydrogens is 292 g/mol. The van der Waals surface area contributed by atoms with E-state index in [1.165, 1.54) is 24.9 Å². The van der Waals surface area contributed by atoms with Crippen LogP contribution in [0.3, 0.4) is 0 Å². The summed E-state index contributed by atoms with van der Waals surface area (Å²) in [6, 6.07) is 2.72. The average Bonchev–Trinajstić information content (AvgIpc) is 2.85. The maximum absolute atomic E-state index is 11.7. The quantitative estimate of drug-likeness (QED) is 0.669. The first-order valence-corrected chi connectivity index (χ1v) is 8.08. The maximum Gasteiger partial charge on any atom is 0.350 e. The van der Waals surface area contributed by atoms with Crippen molar-refractivity contribution in [2.45, 2.75) is 45.2 Å². The minimum Gasteiger partial charge on any atom is -0.465 e. The number of likely N-dealkylation sites (tertiary alicyclic amines) is 1. The Kier molecular flexibility index (Phi) is 4.99. The SMILES string of the molecule is COC(=O)c1sccc1NC(=S)N1[C@H](C)CCC[C@@H]1C. The van der Waals surface area contributed by atoms with Crippen LogP contribution in [-0.4, -0.2) is 35.2 Å². The van der Waals surface area contributed by atoms with Gasteiger partial charge in [0.15, 0.2) is 5.11 Å². The molecule has 1 N–H and O–H groups in total. The van der Waals surface area contributed by atoms with Gasteiger partial charge < -0.3 is 15.0 Å². The zero-order valence-corrected chi connectivity index (χ0v) is 13.6. The summed E-state index contributed by atoms with van der Waals surface area (Å²) in [7, 11) is 1.39. The molecule has 110 valence electrons. The molecule has 4 nitrogen and oxygen atoms in total. The molecule has 0 unspecified atom stereocenters. The van der Waals surface area contributed by atoms with Gasteiger partial charge in [-0.05, 0) is 56.8 Å². The third-order valence-electron chi connectivity index (χ3n) is 3.71. The number of carbonyl (C=O) groups is 1. The lowest BCUT2D eigenvalue weighted by atomic mass is 9.98. The van der Waals surface area contributed by atoms with Crippen molar-refractivity contribution < 1.29 is 9.53 Å². The van der Waals surface area contributed by atoms with Gasteiger partial charge in [-0.2, -0.15) is 0 Å². The molecule has 1 aliphatic heterocycles. The molecule has 0 radical (unpaired) electrons. The Morgan fingerprint density at radius 3 is 2.70 bits per heavy atom. The summed E-state index contributed by atoms with van der Waals surface area (Å²) >= 11 is 6.88. The van der Waals surface area contributed by atoms with Gasteiger partial charge in [-0.25, -0.2) is 4.79 Å². The molecule has 2 heterocycles. The fourth-order valence-corrected chi connectivity index (χ4v) is 3.90. The van der Waals surface area contributed by atoms with Gasteiger partial charge in [-0.1, -0.05) is 0 Å². The van der Waals surface area contributed by atoms with Crippen LogP contribution in [0.5, 0.6) is 0 Å². The first kappa shape index (κ1) is 15.3. The summed E-state index contributed by atoms with van der Waals surface area (Å²) in [4.78, 5) is 14.5. The molecule has 1 fully saturated rings. The highest BCUT2D eigenvalue weighted by Crippen LogP contribution is 2.27. The molecule has 1 aromatic heterocycles. The van der Waals surface area contributed by atoms with Crippen LogP contribution in [0.2, 0.25) is 0 Å². The predicted octanol–water partition coefficient (Wildman–Crippen LogP) is 3.49. The summed E-state index contributed by atoms with van der Waals surface area (Å²) in [6.07, 6.45) is 3.55. The number of nitrogens with one attached hydrogen (secondary N) is 1. The second kappa shape index (κ2) is 6.54. The molecule has 0 amide bonds. The zero-order chi connectivity index (χ0) is 14.7. The molecule has 1 aliphatic rings. The number of ether oxygens (including phenoxy) is 1. The van der Waals surface area contributed by atoms with Crippen LogP contribution >= 0.6 is 23.6 Å². The van der Waals surface area contributed by atoms with Crippen LogP contribution in [0.25, 0.3) is 0 Å². The van der Waals surface area contributed by atoms with Crippen LogP contribution in [0.15, 0.2) is 11.4 Å². The number of rotatable bonds is 2. The number of thiophene rings is 1. The average molecular weight is 312 g/mol. The van der Waals surface area contributed by atoms with Crippen molar-refractivity contribution in [3.8, 4) is 0 Å². The second-order valence-corrected chi connectivity index (χ2v) is 6.42. The normalized spacial score (nSPS) is 22.4. The fourth-order valence-electron chi connectivity index (χ4n) is 2.66. The van der Waals surface area contributed by atoms with Gasteiger partial charge in [-0.15, -0.1) is 11.3 Å². The number of methoxy groups -OCH3 is 1. The van der Waals surface area contributed by atoms with E-state index in [-0.39, 0.29) is 5.97 Å². The number of thiocarbonyl (C=S) groups is 1. The Labute approximate surface area is 129 Å². The highest BCUT2D eigenvalue weighted by Gasteiger charge is 2.27. The lowest BCUT2D eigenvalue weighted by Crippen LogP contribution is -2.49. The topological polar surface area (TPSA) is 41.6 Å². The number of carbonyl (C=O) groups excluding carboxylic acids is 1. The molecule has 0 aliphatic carbocycles. The molecule has 0 saturated carbocycles. The van der Waals surface area contributed by atoms with Crippen molar-refractivity contribution in [3.63, 3.8) is 0 Å². The number of hydrogen-bond acceptors (Lipinski definition) is 4. The van der Waals surface area contributed by atoms with Crippen molar-refractivity contribution in [1.82, 2.24) is 4.90 Å². The Morgan fingerprint density at radius 1 is 1.45 bits per heavy atom. The highest BCUT2D eigenvalue weighted by molar-refractivity contribution is 7.80. The first-order chi connectivity index (χ1) is 9.54. The largest absolute Gasteiger partial charge is 0.465 e. The first-order valence-electron chi connectivity index (χ1n) is 6.79. The summed E-state index contributed by atoms with van der Waals surface area (Å²) in [5, 5.41) is 5.75. The predicted molar refractivity (Wildman–Crippen MR) is 86.5 cm³/mol. The molecule has 0 spiro atoms. The molecule has 2 atom stereocenters. The Morgan fingerprint density at radius 2 is 2.10 bits per heavy atom. The Bertz CT molecular complexity index is 491. The molecule has 0 bridgehead atoms. The van der Waals surface area contributed by atoms with Crippen LogP contribution < -0.4 is 5.32 Å². The van der Waals surface area contributed by atoms with Gasteiger partial charge in [0, 0.05) is 12.1 Å². The van der Waals surface area contributed by atoms with Crippen molar-refractivity contribution in [3.05, 3.63) is 16.3 Å². The van der Waals surface area contributed by atoms with E-state index in [0.717, 1.165) is 18.5 Å². The number of nitrogens with zero attached hydrogens (tertiary/aromatic N) is 1. The monoisotopic (exact) mass is 312 g/mol. The third kappa shape index (κ3) is 3.12. The van der Waals surface area contributed by atoms with Crippen molar-refractivity contribution in [1.29, 1.82) is 0 Å². The minimum absolute atomic E-state index is 0.329. The summed E-state index contributed by atoms with van der Waals surface area (Å²) in [5.74, 6) is -0.329. The van der Waals surface area contributed by atoms with Crippen molar-refractivity contribution in [2.75, 3.05) is 12.4 Å². The van der Waals surface area contributed by atoms with E-state index in [4.69, 9.17) is 17.0 Å². The number of esters is 1. The second-order valence-electron chi connectivity index (χ2n) is 5.12. The van der Waals surface area contributed by atoms with E-state index < -0.39 is 0 Å². The Hall–Kier alpha value is -1.14. The Balaban J connectivity index is 2.11. The molecule has 20 heavy (non-hydrogen) atoms.